The first-order valence-corrected chi connectivity index (χ1v) is 7.49. The zero-order valence-electron chi connectivity index (χ0n) is 12.8. The lowest BCUT2D eigenvalue weighted by atomic mass is 10.0. The molecule has 1 aliphatic rings. The third kappa shape index (κ3) is 2.99. The zero-order valence-corrected chi connectivity index (χ0v) is 12.8. The van der Waals surface area contributed by atoms with E-state index in [9.17, 15) is 0 Å². The third-order valence-electron chi connectivity index (χ3n) is 3.75. The number of aryl methyl sites for hydroxylation is 1. The van der Waals surface area contributed by atoms with Crippen LogP contribution in [0.5, 0.6) is 5.75 Å². The maximum Gasteiger partial charge on any atom is 0.134 e. The first kappa shape index (κ1) is 13.9. The summed E-state index contributed by atoms with van der Waals surface area (Å²) in [6, 6.07) is 8.13. The van der Waals surface area contributed by atoms with Crippen molar-refractivity contribution in [3.8, 4) is 17.0 Å². The van der Waals surface area contributed by atoms with Crippen LogP contribution in [-0.2, 0) is 0 Å². The van der Waals surface area contributed by atoms with Crippen molar-refractivity contribution in [3.05, 3.63) is 35.7 Å². The number of hydrogen-bond acceptors (Lipinski definition) is 4. The molecule has 2 aromatic rings. The Morgan fingerprint density at radius 3 is 2.67 bits per heavy atom. The monoisotopic (exact) mass is 283 g/mol. The molecule has 0 aliphatic heterocycles. The van der Waals surface area contributed by atoms with Crippen molar-refractivity contribution in [2.75, 3.05) is 19.0 Å². The Balaban J connectivity index is 2.03. The van der Waals surface area contributed by atoms with Gasteiger partial charge in [-0.05, 0) is 50.5 Å². The summed E-state index contributed by atoms with van der Waals surface area (Å²) in [4.78, 5) is 9.40. The number of methoxy groups -OCH3 is 1. The summed E-state index contributed by atoms with van der Waals surface area (Å²) in [6.07, 6.45) is 2.41. The average Bonchev–Trinajstić information content (AvgIpc) is 3.31. The maximum atomic E-state index is 5.28. The Labute approximate surface area is 125 Å². The summed E-state index contributed by atoms with van der Waals surface area (Å²) in [5.74, 6) is 3.30. The standard InChI is InChI=1S/C17H21N3O/c1-4-18-16-10-15(19-17(20-16)12-5-6-12)14-8-7-13(21-3)9-11(14)2/h7-10,12H,4-6H2,1-3H3,(H,18,19,20). The van der Waals surface area contributed by atoms with E-state index in [1.54, 1.807) is 7.11 Å². The van der Waals surface area contributed by atoms with Gasteiger partial charge in [-0.25, -0.2) is 9.97 Å². The molecule has 0 radical (unpaired) electrons. The molecule has 1 fully saturated rings. The summed E-state index contributed by atoms with van der Waals surface area (Å²) >= 11 is 0. The van der Waals surface area contributed by atoms with Crippen LogP contribution >= 0.6 is 0 Å². The highest BCUT2D eigenvalue weighted by atomic mass is 16.5. The fourth-order valence-electron chi connectivity index (χ4n) is 2.45. The number of nitrogens with zero attached hydrogens (tertiary/aromatic N) is 2. The molecule has 4 heteroatoms. The highest BCUT2D eigenvalue weighted by Crippen LogP contribution is 2.39. The number of anilines is 1. The molecule has 0 atom stereocenters. The van der Waals surface area contributed by atoms with Crippen LogP contribution in [-0.4, -0.2) is 23.6 Å². The lowest BCUT2D eigenvalue weighted by Crippen LogP contribution is -2.04. The first-order valence-electron chi connectivity index (χ1n) is 7.49. The van der Waals surface area contributed by atoms with Gasteiger partial charge in [0.15, 0.2) is 0 Å². The van der Waals surface area contributed by atoms with Crippen LogP contribution < -0.4 is 10.1 Å². The number of nitrogens with one attached hydrogen (secondary N) is 1. The Hall–Kier alpha value is -2.10. The van der Waals surface area contributed by atoms with Gasteiger partial charge in [0, 0.05) is 24.1 Å². The Kier molecular flexibility index (Phi) is 3.78. The topological polar surface area (TPSA) is 47.0 Å². The smallest absolute Gasteiger partial charge is 0.134 e. The predicted molar refractivity (Wildman–Crippen MR) is 84.9 cm³/mol. The molecule has 4 nitrogen and oxygen atoms in total. The quantitative estimate of drug-likeness (QED) is 0.907. The van der Waals surface area contributed by atoms with Gasteiger partial charge in [0.2, 0.25) is 0 Å². The normalized spacial score (nSPS) is 14.0. The fraction of sp³-hybridized carbons (Fsp3) is 0.412. The molecule has 0 unspecified atom stereocenters. The van der Waals surface area contributed by atoms with Crippen LogP contribution in [0.3, 0.4) is 0 Å². The van der Waals surface area contributed by atoms with Crippen molar-refractivity contribution in [1.82, 2.24) is 9.97 Å². The predicted octanol–water partition coefficient (Wildman–Crippen LogP) is 3.77. The third-order valence-corrected chi connectivity index (χ3v) is 3.75. The molecule has 0 amide bonds. The summed E-state index contributed by atoms with van der Waals surface area (Å²) in [5, 5.41) is 3.31. The van der Waals surface area contributed by atoms with E-state index in [1.807, 2.05) is 18.2 Å². The van der Waals surface area contributed by atoms with E-state index >= 15 is 0 Å². The van der Waals surface area contributed by atoms with Crippen molar-refractivity contribution in [2.24, 2.45) is 0 Å². The number of aromatic nitrogens is 2. The molecule has 110 valence electrons. The average molecular weight is 283 g/mol. The van der Waals surface area contributed by atoms with Gasteiger partial charge in [0.1, 0.15) is 17.4 Å². The van der Waals surface area contributed by atoms with Gasteiger partial charge < -0.3 is 10.1 Å². The molecule has 21 heavy (non-hydrogen) atoms. The van der Waals surface area contributed by atoms with Crippen molar-refractivity contribution < 1.29 is 4.74 Å². The lowest BCUT2D eigenvalue weighted by molar-refractivity contribution is 0.414. The number of hydrogen-bond donors (Lipinski definition) is 1. The van der Waals surface area contributed by atoms with E-state index < -0.39 is 0 Å². The Morgan fingerprint density at radius 2 is 2.05 bits per heavy atom. The van der Waals surface area contributed by atoms with Crippen LogP contribution in [0.1, 0.15) is 37.1 Å². The molecule has 1 saturated carbocycles. The molecule has 0 saturated heterocycles. The van der Waals surface area contributed by atoms with Crippen molar-refractivity contribution in [3.63, 3.8) is 0 Å². The molecule has 1 aromatic carbocycles. The van der Waals surface area contributed by atoms with E-state index in [0.29, 0.717) is 5.92 Å². The molecule has 1 aromatic heterocycles. The molecule has 0 bridgehead atoms. The second kappa shape index (κ2) is 5.72. The SMILES string of the molecule is CCNc1cc(-c2ccc(OC)cc2C)nc(C2CC2)n1. The van der Waals surface area contributed by atoms with E-state index in [2.05, 4.69) is 30.2 Å². The molecule has 0 spiro atoms. The van der Waals surface area contributed by atoms with Gasteiger partial charge >= 0.3 is 0 Å². The van der Waals surface area contributed by atoms with Crippen molar-refractivity contribution >= 4 is 5.82 Å². The van der Waals surface area contributed by atoms with Gasteiger partial charge in [0.25, 0.3) is 0 Å². The summed E-state index contributed by atoms with van der Waals surface area (Å²) < 4.78 is 5.28. The highest BCUT2D eigenvalue weighted by molar-refractivity contribution is 5.67. The largest absolute Gasteiger partial charge is 0.497 e. The van der Waals surface area contributed by atoms with Crippen LogP contribution in [0.2, 0.25) is 0 Å². The molecular weight excluding hydrogens is 262 g/mol. The fourth-order valence-corrected chi connectivity index (χ4v) is 2.45. The van der Waals surface area contributed by atoms with Gasteiger partial charge in [0.05, 0.1) is 12.8 Å². The van der Waals surface area contributed by atoms with Gasteiger partial charge in [-0.15, -0.1) is 0 Å². The highest BCUT2D eigenvalue weighted by Gasteiger charge is 2.27. The molecule has 1 aliphatic carbocycles. The minimum Gasteiger partial charge on any atom is -0.497 e. The number of rotatable bonds is 5. The molecule has 1 N–H and O–H groups in total. The molecule has 3 rings (SSSR count). The first-order chi connectivity index (χ1) is 10.2. The Bertz CT molecular complexity index is 650. The molecular formula is C17H21N3O. The summed E-state index contributed by atoms with van der Waals surface area (Å²) in [5.41, 5.74) is 3.29. The van der Waals surface area contributed by atoms with E-state index in [0.717, 1.165) is 40.8 Å². The Morgan fingerprint density at radius 1 is 1.24 bits per heavy atom. The van der Waals surface area contributed by atoms with Crippen LogP contribution in [0, 0.1) is 6.92 Å². The van der Waals surface area contributed by atoms with E-state index in [-0.39, 0.29) is 0 Å². The van der Waals surface area contributed by atoms with Gasteiger partial charge in [-0.3, -0.25) is 0 Å². The number of ether oxygens (including phenoxy) is 1. The van der Waals surface area contributed by atoms with Crippen LogP contribution in [0.4, 0.5) is 5.82 Å². The van der Waals surface area contributed by atoms with Gasteiger partial charge in [-0.2, -0.15) is 0 Å². The second-order valence-electron chi connectivity index (χ2n) is 5.48. The van der Waals surface area contributed by atoms with Crippen molar-refractivity contribution in [1.29, 1.82) is 0 Å². The zero-order chi connectivity index (χ0) is 14.8. The van der Waals surface area contributed by atoms with Crippen molar-refractivity contribution in [2.45, 2.75) is 32.6 Å². The van der Waals surface area contributed by atoms with E-state index in [4.69, 9.17) is 9.72 Å². The maximum absolute atomic E-state index is 5.28. The second-order valence-corrected chi connectivity index (χ2v) is 5.48. The minimum absolute atomic E-state index is 0.543. The van der Waals surface area contributed by atoms with Crippen LogP contribution in [0.25, 0.3) is 11.3 Å². The van der Waals surface area contributed by atoms with Gasteiger partial charge in [-0.1, -0.05) is 0 Å². The minimum atomic E-state index is 0.543. The lowest BCUT2D eigenvalue weighted by Gasteiger charge is -2.11. The van der Waals surface area contributed by atoms with Crippen LogP contribution in [0.15, 0.2) is 24.3 Å². The molecule has 1 heterocycles. The van der Waals surface area contributed by atoms with E-state index in [1.165, 1.54) is 12.8 Å². The summed E-state index contributed by atoms with van der Waals surface area (Å²) in [6.45, 7) is 5.03. The number of benzene rings is 1. The summed E-state index contributed by atoms with van der Waals surface area (Å²) in [7, 11) is 1.69.